The summed E-state index contributed by atoms with van der Waals surface area (Å²) in [7, 11) is 4.27. The lowest BCUT2D eigenvalue weighted by Crippen LogP contribution is -2.53. The van der Waals surface area contributed by atoms with E-state index in [-0.39, 0.29) is 12.1 Å². The van der Waals surface area contributed by atoms with Crippen LogP contribution in [-0.2, 0) is 9.47 Å². The molecule has 2 saturated heterocycles. The number of hydrogen-bond donors (Lipinski definition) is 1. The molecule has 1 spiro atoms. The summed E-state index contributed by atoms with van der Waals surface area (Å²) < 4.78 is 11.6. The number of likely N-dealkylation sites (tertiary alicyclic amines) is 1. The highest BCUT2D eigenvalue weighted by atomic mass is 16.7. The zero-order valence-corrected chi connectivity index (χ0v) is 12.0. The molecule has 0 aromatic carbocycles. The van der Waals surface area contributed by atoms with Gasteiger partial charge in [-0.05, 0) is 26.9 Å². The van der Waals surface area contributed by atoms with E-state index in [2.05, 4.69) is 23.9 Å². The summed E-state index contributed by atoms with van der Waals surface area (Å²) in [4.78, 5) is 4.72. The van der Waals surface area contributed by atoms with Crippen LogP contribution in [0.25, 0.3) is 0 Å². The first kappa shape index (κ1) is 13.8. The monoisotopic (exact) mass is 270 g/mol. The number of ether oxygens (including phenoxy) is 2. The van der Waals surface area contributed by atoms with Gasteiger partial charge in [0.05, 0.1) is 19.3 Å². The number of rotatable bonds is 2. The van der Waals surface area contributed by atoms with Gasteiger partial charge >= 0.3 is 0 Å². The first-order chi connectivity index (χ1) is 9.10. The third-order valence-corrected chi connectivity index (χ3v) is 4.99. The van der Waals surface area contributed by atoms with Crippen molar-refractivity contribution in [2.24, 2.45) is 0 Å². The summed E-state index contributed by atoms with van der Waals surface area (Å²) in [5, 5.41) is 10.3. The summed E-state index contributed by atoms with van der Waals surface area (Å²) in [5.74, 6) is -0.403. The molecule has 0 aromatic heterocycles. The van der Waals surface area contributed by atoms with Gasteiger partial charge in [-0.15, -0.1) is 0 Å². The third-order valence-electron chi connectivity index (χ3n) is 4.99. The number of hydrogen-bond acceptors (Lipinski definition) is 5. The topological polar surface area (TPSA) is 45.2 Å². The van der Waals surface area contributed by atoms with Crippen LogP contribution in [0.4, 0.5) is 0 Å². The maximum Gasteiger partial charge on any atom is 0.170 e. The molecule has 3 aliphatic rings. The van der Waals surface area contributed by atoms with Crippen LogP contribution < -0.4 is 0 Å². The number of aliphatic hydroxyl groups excluding tert-OH is 1. The Bertz CT molecular complexity index is 318. The minimum absolute atomic E-state index is 0.191. The van der Waals surface area contributed by atoms with E-state index >= 15 is 0 Å². The van der Waals surface area contributed by atoms with Gasteiger partial charge in [0.1, 0.15) is 0 Å². The van der Waals surface area contributed by atoms with Gasteiger partial charge in [-0.1, -0.05) is 0 Å². The molecule has 5 nitrogen and oxygen atoms in total. The van der Waals surface area contributed by atoms with Crippen molar-refractivity contribution in [3.05, 3.63) is 0 Å². The Kier molecular flexibility index (Phi) is 3.84. The Labute approximate surface area is 115 Å². The van der Waals surface area contributed by atoms with Crippen LogP contribution in [0.15, 0.2) is 0 Å². The van der Waals surface area contributed by atoms with Gasteiger partial charge in [-0.2, -0.15) is 0 Å². The first-order valence-corrected chi connectivity index (χ1v) is 7.46. The van der Waals surface area contributed by atoms with Crippen molar-refractivity contribution >= 4 is 0 Å². The Morgan fingerprint density at radius 3 is 2.58 bits per heavy atom. The molecule has 0 aromatic rings. The highest BCUT2D eigenvalue weighted by molar-refractivity contribution is 4.96. The standard InChI is InChI=1S/C14H26N2O3/c1-15(2)11-4-6-16(10-11)12-9-14(5-3-13(12)17)18-7-8-19-14/h11-13,17H,3-10H2,1-2H3. The second-order valence-corrected chi connectivity index (χ2v) is 6.39. The summed E-state index contributed by atoms with van der Waals surface area (Å²) >= 11 is 0. The highest BCUT2D eigenvalue weighted by Crippen LogP contribution is 2.38. The Hall–Kier alpha value is -0.200. The summed E-state index contributed by atoms with van der Waals surface area (Å²) in [6.07, 6.45) is 3.38. The van der Waals surface area contributed by atoms with Gasteiger partial charge in [0.2, 0.25) is 0 Å². The van der Waals surface area contributed by atoms with Crippen molar-refractivity contribution in [1.29, 1.82) is 0 Å². The molecule has 1 saturated carbocycles. The minimum atomic E-state index is -0.403. The molecule has 3 atom stereocenters. The van der Waals surface area contributed by atoms with Gasteiger partial charge in [0.25, 0.3) is 0 Å². The summed E-state index contributed by atoms with van der Waals surface area (Å²) in [5.41, 5.74) is 0. The van der Waals surface area contributed by atoms with Crippen LogP contribution in [0.2, 0.25) is 0 Å². The maximum atomic E-state index is 10.3. The van der Waals surface area contributed by atoms with Crippen LogP contribution in [0.5, 0.6) is 0 Å². The van der Waals surface area contributed by atoms with E-state index in [0.717, 1.165) is 32.4 Å². The molecule has 0 radical (unpaired) electrons. The van der Waals surface area contributed by atoms with E-state index in [4.69, 9.17) is 9.47 Å². The van der Waals surface area contributed by atoms with Crippen molar-refractivity contribution in [2.75, 3.05) is 40.4 Å². The summed E-state index contributed by atoms with van der Waals surface area (Å²) in [6.45, 7) is 3.51. The van der Waals surface area contributed by atoms with Gasteiger partial charge in [0.15, 0.2) is 5.79 Å². The molecule has 2 heterocycles. The average molecular weight is 270 g/mol. The molecule has 5 heteroatoms. The van der Waals surface area contributed by atoms with Crippen LogP contribution >= 0.6 is 0 Å². The Morgan fingerprint density at radius 2 is 1.95 bits per heavy atom. The van der Waals surface area contributed by atoms with Gasteiger partial charge in [-0.3, -0.25) is 4.90 Å². The third kappa shape index (κ3) is 2.67. The lowest BCUT2D eigenvalue weighted by Gasteiger charge is -2.43. The molecule has 19 heavy (non-hydrogen) atoms. The largest absolute Gasteiger partial charge is 0.391 e. The molecular formula is C14H26N2O3. The zero-order chi connectivity index (χ0) is 13.5. The van der Waals surface area contributed by atoms with E-state index in [1.807, 2.05) is 0 Å². The molecule has 0 bridgehead atoms. The van der Waals surface area contributed by atoms with Crippen LogP contribution in [0.1, 0.15) is 25.7 Å². The van der Waals surface area contributed by atoms with Gasteiger partial charge in [0, 0.05) is 38.0 Å². The van der Waals surface area contributed by atoms with E-state index in [1.165, 1.54) is 6.42 Å². The number of aliphatic hydroxyl groups is 1. The van der Waals surface area contributed by atoms with E-state index in [1.54, 1.807) is 0 Å². The summed E-state index contributed by atoms with van der Waals surface area (Å²) in [6, 6.07) is 0.798. The zero-order valence-electron chi connectivity index (χ0n) is 12.0. The smallest absolute Gasteiger partial charge is 0.170 e. The fourth-order valence-corrected chi connectivity index (χ4v) is 3.74. The van der Waals surface area contributed by atoms with E-state index in [9.17, 15) is 5.11 Å². The SMILES string of the molecule is CN(C)C1CCN(C2CC3(CCC2O)OCCO3)C1. The van der Waals surface area contributed by atoms with Gasteiger partial charge < -0.3 is 19.5 Å². The van der Waals surface area contributed by atoms with Crippen LogP contribution in [-0.4, -0.2) is 79.3 Å². The van der Waals surface area contributed by atoms with Crippen molar-refractivity contribution in [2.45, 2.75) is 49.7 Å². The molecule has 110 valence electrons. The van der Waals surface area contributed by atoms with E-state index in [0.29, 0.717) is 19.3 Å². The first-order valence-electron chi connectivity index (χ1n) is 7.46. The molecule has 1 aliphatic carbocycles. The molecule has 3 unspecified atom stereocenters. The molecule has 3 rings (SSSR count). The fraction of sp³-hybridized carbons (Fsp3) is 1.00. The number of nitrogens with zero attached hydrogens (tertiary/aromatic N) is 2. The minimum Gasteiger partial charge on any atom is -0.391 e. The second kappa shape index (κ2) is 5.30. The lowest BCUT2D eigenvalue weighted by molar-refractivity contribution is -0.204. The second-order valence-electron chi connectivity index (χ2n) is 6.39. The van der Waals surface area contributed by atoms with Crippen LogP contribution in [0.3, 0.4) is 0 Å². The predicted molar refractivity (Wildman–Crippen MR) is 71.9 cm³/mol. The molecular weight excluding hydrogens is 244 g/mol. The highest BCUT2D eigenvalue weighted by Gasteiger charge is 2.47. The Balaban J connectivity index is 1.65. The molecule has 0 amide bonds. The normalized spacial score (nSPS) is 39.5. The number of likely N-dealkylation sites (N-methyl/N-ethyl adjacent to an activating group) is 1. The van der Waals surface area contributed by atoms with Crippen LogP contribution in [0, 0.1) is 0 Å². The molecule has 1 N–H and O–H groups in total. The fourth-order valence-electron chi connectivity index (χ4n) is 3.74. The van der Waals surface area contributed by atoms with Gasteiger partial charge in [-0.25, -0.2) is 0 Å². The van der Waals surface area contributed by atoms with Crippen molar-refractivity contribution in [3.8, 4) is 0 Å². The van der Waals surface area contributed by atoms with E-state index < -0.39 is 5.79 Å². The van der Waals surface area contributed by atoms with Crippen molar-refractivity contribution < 1.29 is 14.6 Å². The molecule has 3 fully saturated rings. The van der Waals surface area contributed by atoms with Crippen molar-refractivity contribution in [3.63, 3.8) is 0 Å². The maximum absolute atomic E-state index is 10.3. The lowest BCUT2D eigenvalue weighted by atomic mass is 9.86. The quantitative estimate of drug-likeness (QED) is 0.781. The predicted octanol–water partition coefficient (Wildman–Crippen LogP) is 0.279. The molecule has 2 aliphatic heterocycles. The average Bonchev–Trinajstić information content (AvgIpc) is 3.03. The van der Waals surface area contributed by atoms with Crippen molar-refractivity contribution in [1.82, 2.24) is 9.80 Å². The Morgan fingerprint density at radius 1 is 1.21 bits per heavy atom.